The highest BCUT2D eigenvalue weighted by Crippen LogP contribution is 2.29. The van der Waals surface area contributed by atoms with Gasteiger partial charge in [-0.1, -0.05) is 6.07 Å². The lowest BCUT2D eigenvalue weighted by Gasteiger charge is -2.29. The second kappa shape index (κ2) is 5.48. The van der Waals surface area contributed by atoms with Crippen LogP contribution in [0, 0.1) is 6.92 Å². The number of piperidine rings is 1. The molecule has 1 fully saturated rings. The van der Waals surface area contributed by atoms with Gasteiger partial charge in [-0.2, -0.15) is 4.31 Å². The summed E-state index contributed by atoms with van der Waals surface area (Å²) in [6, 6.07) is 5.29. The number of nitrogens with zero attached hydrogens (tertiary/aromatic N) is 1. The topological polar surface area (TPSA) is 72.6 Å². The van der Waals surface area contributed by atoms with E-state index in [1.807, 2.05) is 13.0 Å². The zero-order valence-electron chi connectivity index (χ0n) is 11.3. The summed E-state index contributed by atoms with van der Waals surface area (Å²) in [5.41, 5.74) is 6.71. The molecule has 106 valence electrons. The molecule has 2 N–H and O–H groups in total. The molecule has 1 heterocycles. The minimum absolute atomic E-state index is 0.103. The number of ether oxygens (including phenoxy) is 1. The molecule has 0 atom stereocenters. The van der Waals surface area contributed by atoms with Crippen molar-refractivity contribution in [3.05, 3.63) is 23.8 Å². The van der Waals surface area contributed by atoms with Crippen LogP contribution in [0.1, 0.15) is 18.4 Å². The summed E-state index contributed by atoms with van der Waals surface area (Å²) in [4.78, 5) is 0.241. The molecule has 1 aliphatic heterocycles. The van der Waals surface area contributed by atoms with E-state index in [1.54, 1.807) is 12.1 Å². The minimum Gasteiger partial charge on any atom is -0.495 e. The standard InChI is InChI=1S/C13H20N2O3S/c1-10-3-4-12(18-2)13(9-10)19(16,17)15-7-5-11(14)6-8-15/h3-4,9,11H,5-8,14H2,1-2H3. The van der Waals surface area contributed by atoms with Crippen LogP contribution in [0.25, 0.3) is 0 Å². The lowest BCUT2D eigenvalue weighted by atomic mass is 10.1. The van der Waals surface area contributed by atoms with Crippen LogP contribution in [0.4, 0.5) is 0 Å². The molecule has 1 saturated heterocycles. The average molecular weight is 284 g/mol. The molecule has 0 unspecified atom stereocenters. The van der Waals surface area contributed by atoms with Crippen LogP contribution in [0.2, 0.25) is 0 Å². The zero-order valence-corrected chi connectivity index (χ0v) is 12.1. The first-order valence-corrected chi connectivity index (χ1v) is 7.79. The van der Waals surface area contributed by atoms with Crippen molar-refractivity contribution in [3.8, 4) is 5.75 Å². The number of nitrogens with two attached hydrogens (primary N) is 1. The van der Waals surface area contributed by atoms with Gasteiger partial charge in [0.15, 0.2) is 0 Å². The van der Waals surface area contributed by atoms with Gasteiger partial charge in [-0.15, -0.1) is 0 Å². The van der Waals surface area contributed by atoms with Crippen LogP contribution >= 0.6 is 0 Å². The molecule has 0 spiro atoms. The number of benzene rings is 1. The maximum absolute atomic E-state index is 12.6. The van der Waals surface area contributed by atoms with E-state index in [2.05, 4.69) is 0 Å². The Bertz CT molecular complexity index is 549. The summed E-state index contributed by atoms with van der Waals surface area (Å²) in [7, 11) is -2.02. The van der Waals surface area contributed by atoms with E-state index in [-0.39, 0.29) is 10.9 Å². The highest BCUT2D eigenvalue weighted by atomic mass is 32.2. The summed E-state index contributed by atoms with van der Waals surface area (Å²) >= 11 is 0. The number of hydrogen-bond donors (Lipinski definition) is 1. The number of methoxy groups -OCH3 is 1. The molecule has 0 saturated carbocycles. The Morgan fingerprint density at radius 1 is 1.32 bits per heavy atom. The molecule has 1 aromatic rings. The van der Waals surface area contributed by atoms with Gasteiger partial charge < -0.3 is 10.5 Å². The molecule has 0 radical (unpaired) electrons. The fourth-order valence-electron chi connectivity index (χ4n) is 2.24. The van der Waals surface area contributed by atoms with E-state index in [4.69, 9.17) is 10.5 Å². The third-order valence-corrected chi connectivity index (χ3v) is 5.36. The third-order valence-electron chi connectivity index (χ3n) is 3.44. The lowest BCUT2D eigenvalue weighted by Crippen LogP contribution is -2.42. The van der Waals surface area contributed by atoms with E-state index in [0.717, 1.165) is 5.56 Å². The first-order valence-electron chi connectivity index (χ1n) is 6.35. The lowest BCUT2D eigenvalue weighted by molar-refractivity contribution is 0.318. The van der Waals surface area contributed by atoms with Gasteiger partial charge in [-0.05, 0) is 37.5 Å². The molecule has 0 aliphatic carbocycles. The highest BCUT2D eigenvalue weighted by molar-refractivity contribution is 7.89. The van der Waals surface area contributed by atoms with Crippen molar-refractivity contribution < 1.29 is 13.2 Å². The highest BCUT2D eigenvalue weighted by Gasteiger charge is 2.30. The molecule has 0 amide bonds. The fraction of sp³-hybridized carbons (Fsp3) is 0.538. The van der Waals surface area contributed by atoms with E-state index < -0.39 is 10.0 Å². The van der Waals surface area contributed by atoms with Crippen molar-refractivity contribution >= 4 is 10.0 Å². The molecular weight excluding hydrogens is 264 g/mol. The maximum Gasteiger partial charge on any atom is 0.246 e. The second-order valence-corrected chi connectivity index (χ2v) is 6.80. The quantitative estimate of drug-likeness (QED) is 0.902. The van der Waals surface area contributed by atoms with Gasteiger partial charge in [0, 0.05) is 19.1 Å². The van der Waals surface area contributed by atoms with Crippen molar-refractivity contribution in [2.45, 2.75) is 30.7 Å². The Kier molecular flexibility index (Phi) is 4.13. The van der Waals surface area contributed by atoms with E-state index >= 15 is 0 Å². The molecule has 1 aromatic carbocycles. The molecule has 0 aromatic heterocycles. The van der Waals surface area contributed by atoms with Gasteiger partial charge in [-0.25, -0.2) is 8.42 Å². The summed E-state index contributed by atoms with van der Waals surface area (Å²) in [6.45, 7) is 2.81. The van der Waals surface area contributed by atoms with Crippen molar-refractivity contribution in [3.63, 3.8) is 0 Å². The van der Waals surface area contributed by atoms with Gasteiger partial charge in [0.1, 0.15) is 10.6 Å². The van der Waals surface area contributed by atoms with Crippen LogP contribution < -0.4 is 10.5 Å². The summed E-state index contributed by atoms with van der Waals surface area (Å²) < 4.78 is 31.9. The SMILES string of the molecule is COc1ccc(C)cc1S(=O)(=O)N1CCC(N)CC1. The second-order valence-electron chi connectivity index (χ2n) is 4.90. The smallest absolute Gasteiger partial charge is 0.246 e. The molecule has 0 bridgehead atoms. The minimum atomic E-state index is -3.50. The van der Waals surface area contributed by atoms with Crippen LogP contribution in [-0.4, -0.2) is 39.0 Å². The molecule has 1 aliphatic rings. The predicted octanol–water partition coefficient (Wildman–Crippen LogP) is 1.12. The Morgan fingerprint density at radius 3 is 2.53 bits per heavy atom. The van der Waals surface area contributed by atoms with Gasteiger partial charge in [0.05, 0.1) is 7.11 Å². The summed E-state index contributed by atoms with van der Waals surface area (Å²) in [5, 5.41) is 0. The van der Waals surface area contributed by atoms with Gasteiger partial charge in [0.2, 0.25) is 10.0 Å². The Balaban J connectivity index is 2.36. The predicted molar refractivity (Wildman–Crippen MR) is 73.7 cm³/mol. The van der Waals surface area contributed by atoms with Crippen LogP contribution in [0.3, 0.4) is 0 Å². The van der Waals surface area contributed by atoms with Gasteiger partial charge in [0.25, 0.3) is 0 Å². The normalized spacial score (nSPS) is 18.5. The fourth-order valence-corrected chi connectivity index (χ4v) is 3.95. The Morgan fingerprint density at radius 2 is 1.95 bits per heavy atom. The zero-order chi connectivity index (χ0) is 14.0. The largest absolute Gasteiger partial charge is 0.495 e. The number of aryl methyl sites for hydroxylation is 1. The summed E-state index contributed by atoms with van der Waals surface area (Å²) in [6.07, 6.45) is 1.40. The van der Waals surface area contributed by atoms with E-state index in [9.17, 15) is 8.42 Å². The van der Waals surface area contributed by atoms with E-state index in [0.29, 0.717) is 31.7 Å². The van der Waals surface area contributed by atoms with Crippen molar-refractivity contribution in [1.29, 1.82) is 0 Å². The van der Waals surface area contributed by atoms with Crippen LogP contribution in [0.15, 0.2) is 23.1 Å². The molecule has 6 heteroatoms. The Hall–Kier alpha value is -1.11. The first kappa shape index (κ1) is 14.3. The van der Waals surface area contributed by atoms with Crippen molar-refractivity contribution in [2.24, 2.45) is 5.73 Å². The van der Waals surface area contributed by atoms with Crippen LogP contribution in [-0.2, 0) is 10.0 Å². The van der Waals surface area contributed by atoms with E-state index in [1.165, 1.54) is 11.4 Å². The van der Waals surface area contributed by atoms with Crippen molar-refractivity contribution in [1.82, 2.24) is 4.31 Å². The van der Waals surface area contributed by atoms with Crippen LogP contribution in [0.5, 0.6) is 5.75 Å². The number of rotatable bonds is 3. The molecular formula is C13H20N2O3S. The summed E-state index contributed by atoms with van der Waals surface area (Å²) in [5.74, 6) is 0.389. The number of sulfonamides is 1. The number of hydrogen-bond acceptors (Lipinski definition) is 4. The molecule has 19 heavy (non-hydrogen) atoms. The molecule has 2 rings (SSSR count). The third kappa shape index (κ3) is 2.91. The monoisotopic (exact) mass is 284 g/mol. The first-order chi connectivity index (χ1) is 8.95. The van der Waals surface area contributed by atoms with Crippen molar-refractivity contribution in [2.75, 3.05) is 20.2 Å². The average Bonchev–Trinajstić information content (AvgIpc) is 2.39. The van der Waals surface area contributed by atoms with Gasteiger partial charge >= 0.3 is 0 Å². The Labute approximate surface area is 114 Å². The van der Waals surface area contributed by atoms with Gasteiger partial charge in [-0.3, -0.25) is 0 Å². The maximum atomic E-state index is 12.6. The molecule has 5 nitrogen and oxygen atoms in total.